The van der Waals surface area contributed by atoms with E-state index in [4.69, 9.17) is 27.8 Å². The summed E-state index contributed by atoms with van der Waals surface area (Å²) in [4.78, 5) is -0.759. The largest absolute Gasteiger partial charge is 0.413 e. The minimum Gasteiger partial charge on any atom is -0.301 e. The Bertz CT molecular complexity index is 549. The zero-order chi connectivity index (χ0) is 16.6. The monoisotopic (exact) mass is 392 g/mol. The van der Waals surface area contributed by atoms with Gasteiger partial charge in [0, 0.05) is 0 Å². The second-order valence-corrected chi connectivity index (χ2v) is 6.46. The molecule has 2 nitrogen and oxygen atoms in total. The van der Waals surface area contributed by atoms with Crippen molar-refractivity contribution < 1.29 is 35.1 Å². The van der Waals surface area contributed by atoms with Gasteiger partial charge in [-0.15, -0.1) is 0 Å². The van der Waals surface area contributed by atoms with E-state index in [2.05, 4.69) is 0 Å². The average Bonchev–Trinajstić information content (AvgIpc) is 2.33. The SMILES string of the molecule is O=S(O)C(F)(F)C(F)(F)C(F)(F)Sc1c(Cl)cccc1Cl. The molecule has 0 fully saturated rings. The Hall–Kier alpha value is -0.160. The summed E-state index contributed by atoms with van der Waals surface area (Å²) >= 11 is 5.44. The summed E-state index contributed by atoms with van der Waals surface area (Å²) in [7, 11) is 0. The van der Waals surface area contributed by atoms with Crippen LogP contribution in [0.5, 0.6) is 0 Å². The molecular weight excluding hydrogens is 389 g/mol. The van der Waals surface area contributed by atoms with E-state index in [0.29, 0.717) is 0 Å². The van der Waals surface area contributed by atoms with Gasteiger partial charge in [-0.1, -0.05) is 29.3 Å². The van der Waals surface area contributed by atoms with Crippen molar-refractivity contribution in [1.29, 1.82) is 0 Å². The minimum absolute atomic E-state index is 0.462. The van der Waals surface area contributed by atoms with Gasteiger partial charge >= 0.3 is 16.4 Å². The number of hydrogen-bond acceptors (Lipinski definition) is 2. The first-order chi connectivity index (χ1) is 9.34. The molecular formula is C9H4Cl2F6O2S2. The second kappa shape index (κ2) is 6.15. The third kappa shape index (κ3) is 3.44. The van der Waals surface area contributed by atoms with E-state index < -0.39 is 54.2 Å². The molecule has 0 bridgehead atoms. The highest BCUT2D eigenvalue weighted by molar-refractivity contribution is 8.00. The molecule has 1 rings (SSSR count). The topological polar surface area (TPSA) is 37.3 Å². The lowest BCUT2D eigenvalue weighted by molar-refractivity contribution is -0.240. The molecule has 12 heteroatoms. The van der Waals surface area contributed by atoms with Gasteiger partial charge in [-0.05, 0) is 23.9 Å². The van der Waals surface area contributed by atoms with Crippen molar-refractivity contribution in [3.8, 4) is 0 Å². The standard InChI is InChI=1S/C9H4Cl2F6O2S2/c10-4-2-1-3-5(11)6(4)20-8(14,15)7(12,13)9(16,17)21(18)19/h1-3H,(H,18,19). The van der Waals surface area contributed by atoms with Gasteiger partial charge in [-0.25, -0.2) is 4.21 Å². The Morgan fingerprint density at radius 1 is 1.05 bits per heavy atom. The average molecular weight is 393 g/mol. The molecule has 0 radical (unpaired) electrons. The zero-order valence-corrected chi connectivity index (χ0v) is 12.6. The highest BCUT2D eigenvalue weighted by Crippen LogP contribution is 2.55. The molecule has 1 unspecified atom stereocenters. The molecule has 1 atom stereocenters. The van der Waals surface area contributed by atoms with Crippen LogP contribution in [-0.2, 0) is 11.1 Å². The summed E-state index contributed by atoms with van der Waals surface area (Å²) in [6, 6.07) is 3.29. The van der Waals surface area contributed by atoms with Crippen molar-refractivity contribution in [2.24, 2.45) is 0 Å². The Balaban J connectivity index is 3.25. The first-order valence-electron chi connectivity index (χ1n) is 4.72. The fourth-order valence-corrected chi connectivity index (χ4v) is 2.94. The lowest BCUT2D eigenvalue weighted by Crippen LogP contribution is -2.54. The summed E-state index contributed by atoms with van der Waals surface area (Å²) in [5.41, 5.74) is 0. The van der Waals surface area contributed by atoms with Crippen molar-refractivity contribution in [2.45, 2.75) is 21.3 Å². The highest BCUT2D eigenvalue weighted by Gasteiger charge is 2.75. The molecule has 0 saturated carbocycles. The van der Waals surface area contributed by atoms with Crippen LogP contribution in [0.4, 0.5) is 26.3 Å². The van der Waals surface area contributed by atoms with E-state index in [0.717, 1.165) is 12.1 Å². The van der Waals surface area contributed by atoms with E-state index in [1.54, 1.807) is 0 Å². The summed E-state index contributed by atoms with van der Waals surface area (Å²) in [5.74, 6) is -6.12. The van der Waals surface area contributed by atoms with Gasteiger partial charge in [0.25, 0.3) is 0 Å². The van der Waals surface area contributed by atoms with Crippen LogP contribution >= 0.6 is 35.0 Å². The third-order valence-corrected chi connectivity index (χ3v) is 4.81. The molecule has 1 aromatic carbocycles. The summed E-state index contributed by atoms with van der Waals surface area (Å²) in [6.45, 7) is 0. The molecule has 0 aromatic heterocycles. The van der Waals surface area contributed by atoms with Crippen molar-refractivity contribution in [3.05, 3.63) is 28.2 Å². The van der Waals surface area contributed by atoms with Crippen molar-refractivity contribution in [3.63, 3.8) is 0 Å². The second-order valence-electron chi connectivity index (χ2n) is 3.51. The number of alkyl halides is 6. The van der Waals surface area contributed by atoms with Gasteiger partial charge in [0.15, 0.2) is 0 Å². The smallest absolute Gasteiger partial charge is 0.301 e. The summed E-state index contributed by atoms with van der Waals surface area (Å²) < 4.78 is 97.4. The van der Waals surface area contributed by atoms with E-state index in [9.17, 15) is 30.6 Å². The molecule has 0 aliphatic rings. The molecule has 21 heavy (non-hydrogen) atoms. The van der Waals surface area contributed by atoms with Crippen LogP contribution in [0.25, 0.3) is 0 Å². The predicted octanol–water partition coefficient (Wildman–Crippen LogP) is 5.13. The molecule has 120 valence electrons. The van der Waals surface area contributed by atoms with E-state index in [1.807, 2.05) is 0 Å². The molecule has 0 aliphatic carbocycles. The number of halogens is 8. The lowest BCUT2D eigenvalue weighted by Gasteiger charge is -2.30. The maximum absolute atomic E-state index is 13.5. The first-order valence-corrected chi connectivity index (χ1v) is 7.40. The fraction of sp³-hybridized carbons (Fsp3) is 0.333. The van der Waals surface area contributed by atoms with Crippen LogP contribution in [0.2, 0.25) is 10.0 Å². The Morgan fingerprint density at radius 3 is 1.86 bits per heavy atom. The molecule has 0 aliphatic heterocycles. The number of hydrogen-bond donors (Lipinski definition) is 1. The van der Waals surface area contributed by atoms with Gasteiger partial charge in [0.1, 0.15) is 0 Å². The van der Waals surface area contributed by atoms with Gasteiger partial charge in [0.05, 0.1) is 14.9 Å². The van der Waals surface area contributed by atoms with Crippen LogP contribution in [0, 0.1) is 0 Å². The lowest BCUT2D eigenvalue weighted by atomic mass is 10.3. The molecule has 1 aromatic rings. The van der Waals surface area contributed by atoms with Crippen molar-refractivity contribution >= 4 is 46.0 Å². The number of thioether (sulfide) groups is 1. The summed E-state index contributed by atoms with van der Waals surface area (Å²) in [6.07, 6.45) is 0. The summed E-state index contributed by atoms with van der Waals surface area (Å²) in [5, 5.41) is -12.2. The van der Waals surface area contributed by atoms with Crippen LogP contribution < -0.4 is 0 Å². The van der Waals surface area contributed by atoms with E-state index in [-0.39, 0.29) is 0 Å². The number of benzene rings is 1. The molecule has 0 amide bonds. The van der Waals surface area contributed by atoms with Crippen molar-refractivity contribution in [2.75, 3.05) is 0 Å². The van der Waals surface area contributed by atoms with Crippen LogP contribution in [-0.4, -0.2) is 25.2 Å². The maximum Gasteiger partial charge on any atom is 0.413 e. The van der Waals surface area contributed by atoms with E-state index >= 15 is 0 Å². The van der Waals surface area contributed by atoms with Crippen LogP contribution in [0.3, 0.4) is 0 Å². The van der Waals surface area contributed by atoms with Gasteiger partial charge in [-0.2, -0.15) is 26.3 Å². The Labute approximate surface area is 131 Å². The predicted molar refractivity (Wildman–Crippen MR) is 67.9 cm³/mol. The minimum atomic E-state index is -6.12. The molecule has 1 N–H and O–H groups in total. The van der Waals surface area contributed by atoms with Gasteiger partial charge < -0.3 is 4.55 Å². The first kappa shape index (κ1) is 18.9. The normalized spacial score (nSPS) is 15.1. The van der Waals surface area contributed by atoms with Gasteiger partial charge in [-0.3, -0.25) is 0 Å². The highest BCUT2D eigenvalue weighted by atomic mass is 35.5. The Kier molecular flexibility index (Phi) is 5.53. The number of rotatable bonds is 5. The van der Waals surface area contributed by atoms with Gasteiger partial charge in [0.2, 0.25) is 11.1 Å². The molecule has 0 heterocycles. The molecule has 0 spiro atoms. The van der Waals surface area contributed by atoms with E-state index in [1.165, 1.54) is 6.07 Å². The van der Waals surface area contributed by atoms with Crippen molar-refractivity contribution in [1.82, 2.24) is 0 Å². The van der Waals surface area contributed by atoms with Crippen LogP contribution in [0.15, 0.2) is 23.1 Å². The molecule has 0 saturated heterocycles. The fourth-order valence-electron chi connectivity index (χ4n) is 1.05. The zero-order valence-electron chi connectivity index (χ0n) is 9.43. The Morgan fingerprint density at radius 2 is 1.48 bits per heavy atom. The maximum atomic E-state index is 13.5. The third-order valence-electron chi connectivity index (χ3n) is 2.10. The van der Waals surface area contributed by atoms with Crippen LogP contribution in [0.1, 0.15) is 0 Å². The quantitative estimate of drug-likeness (QED) is 0.428.